The number of esters is 1. The van der Waals surface area contributed by atoms with Crippen molar-refractivity contribution in [1.29, 1.82) is 0 Å². The van der Waals surface area contributed by atoms with Crippen LogP contribution < -0.4 is 10.1 Å². The number of rotatable bonds is 7. The van der Waals surface area contributed by atoms with Crippen LogP contribution in [0.15, 0.2) is 68.8 Å². The standard InChI is InChI=1S/C20H18N4O4S2/c1-27-15-7-6-13(9-14(15)12-29-17-5-3-4-8-21-17)11-22-24-20-23-19(26)16(30-20)10-18(25)28-2/h3-11H,12H2,1-2H3,(H,23,24,26)/b16-10+,22-11?. The van der Waals surface area contributed by atoms with Gasteiger partial charge in [-0.1, -0.05) is 6.07 Å². The van der Waals surface area contributed by atoms with E-state index in [0.29, 0.717) is 5.75 Å². The first kappa shape index (κ1) is 21.6. The van der Waals surface area contributed by atoms with Gasteiger partial charge in [0.05, 0.1) is 30.4 Å². The number of ether oxygens (including phenoxy) is 2. The first-order chi connectivity index (χ1) is 14.6. The molecule has 0 spiro atoms. The van der Waals surface area contributed by atoms with Gasteiger partial charge in [-0.2, -0.15) is 5.10 Å². The minimum absolute atomic E-state index is 0.203. The molecule has 1 aliphatic rings. The summed E-state index contributed by atoms with van der Waals surface area (Å²) in [6.07, 6.45) is 4.45. The number of methoxy groups -OCH3 is 2. The van der Waals surface area contributed by atoms with E-state index >= 15 is 0 Å². The molecule has 30 heavy (non-hydrogen) atoms. The van der Waals surface area contributed by atoms with Crippen molar-refractivity contribution in [3.63, 3.8) is 0 Å². The summed E-state index contributed by atoms with van der Waals surface area (Å²) in [7, 11) is 2.87. The number of aromatic nitrogens is 1. The lowest BCUT2D eigenvalue weighted by Crippen LogP contribution is -2.19. The molecule has 2 heterocycles. The lowest BCUT2D eigenvalue weighted by molar-refractivity contribution is -0.135. The number of pyridine rings is 1. The van der Waals surface area contributed by atoms with Gasteiger partial charge in [-0.15, -0.1) is 16.9 Å². The predicted molar refractivity (Wildman–Crippen MR) is 118 cm³/mol. The largest absolute Gasteiger partial charge is 0.496 e. The first-order valence-electron chi connectivity index (χ1n) is 8.69. The average Bonchev–Trinajstić information content (AvgIpc) is 3.11. The molecule has 10 heteroatoms. The Hall–Kier alpha value is -3.11. The number of carbonyl (C=O) groups is 2. The summed E-state index contributed by atoms with van der Waals surface area (Å²) in [5, 5.41) is 11.8. The Morgan fingerprint density at radius 3 is 2.90 bits per heavy atom. The van der Waals surface area contributed by atoms with Crippen molar-refractivity contribution in [2.75, 3.05) is 14.2 Å². The van der Waals surface area contributed by atoms with Crippen LogP contribution in [0.5, 0.6) is 5.75 Å². The second-order valence-electron chi connectivity index (χ2n) is 5.77. The minimum atomic E-state index is -0.605. The Morgan fingerprint density at radius 1 is 1.30 bits per heavy atom. The lowest BCUT2D eigenvalue weighted by Gasteiger charge is -2.09. The molecule has 1 aromatic carbocycles. The number of thioether (sulfide) groups is 2. The van der Waals surface area contributed by atoms with Crippen LogP contribution >= 0.6 is 23.5 Å². The summed E-state index contributed by atoms with van der Waals surface area (Å²) in [6.45, 7) is 0. The number of carbonyl (C=O) groups excluding carboxylic acids is 2. The van der Waals surface area contributed by atoms with E-state index in [-0.39, 0.29) is 10.1 Å². The highest BCUT2D eigenvalue weighted by atomic mass is 32.2. The first-order valence-corrected chi connectivity index (χ1v) is 10.5. The molecule has 0 bridgehead atoms. The van der Waals surface area contributed by atoms with Crippen LogP contribution in [0.3, 0.4) is 0 Å². The van der Waals surface area contributed by atoms with Crippen LogP contribution in [0.25, 0.3) is 0 Å². The highest BCUT2D eigenvalue weighted by molar-refractivity contribution is 8.18. The maximum absolute atomic E-state index is 11.8. The fraction of sp³-hybridized carbons (Fsp3) is 0.150. The average molecular weight is 443 g/mol. The fourth-order valence-corrected chi connectivity index (χ4v) is 3.94. The third-order valence-electron chi connectivity index (χ3n) is 3.77. The Kier molecular flexibility index (Phi) is 7.63. The molecule has 1 saturated heterocycles. The quantitative estimate of drug-likeness (QED) is 0.231. The summed E-state index contributed by atoms with van der Waals surface area (Å²) in [4.78, 5) is 27.6. The van der Waals surface area contributed by atoms with E-state index in [1.165, 1.54) is 7.11 Å². The molecule has 8 nitrogen and oxygen atoms in total. The zero-order valence-corrected chi connectivity index (χ0v) is 17.8. The molecule has 2 aromatic rings. The van der Waals surface area contributed by atoms with Crippen molar-refractivity contribution in [3.8, 4) is 5.75 Å². The van der Waals surface area contributed by atoms with E-state index in [1.54, 1.807) is 31.3 Å². The van der Waals surface area contributed by atoms with E-state index in [0.717, 1.165) is 39.7 Å². The van der Waals surface area contributed by atoms with E-state index in [1.807, 2.05) is 36.4 Å². The molecule has 1 aliphatic heterocycles. The van der Waals surface area contributed by atoms with Crippen molar-refractivity contribution < 1.29 is 19.1 Å². The molecule has 0 aliphatic carbocycles. The third-order valence-corrected chi connectivity index (χ3v) is 5.67. The fourth-order valence-electron chi connectivity index (χ4n) is 2.36. The van der Waals surface area contributed by atoms with Gasteiger partial charge in [0.2, 0.25) is 0 Å². The summed E-state index contributed by atoms with van der Waals surface area (Å²) >= 11 is 2.62. The maximum Gasteiger partial charge on any atom is 0.331 e. The van der Waals surface area contributed by atoms with E-state index in [2.05, 4.69) is 25.2 Å². The zero-order chi connectivity index (χ0) is 21.3. The summed E-state index contributed by atoms with van der Waals surface area (Å²) < 4.78 is 9.96. The Bertz CT molecular complexity index is 1020. The SMILES string of the molecule is COC(=O)/C=C1/S/C(=N\N=Cc2ccc(OC)c(CSc3ccccn3)c2)NC1=O. The minimum Gasteiger partial charge on any atom is -0.496 e. The van der Waals surface area contributed by atoms with Gasteiger partial charge in [0, 0.05) is 23.6 Å². The summed E-state index contributed by atoms with van der Waals surface area (Å²) in [5.41, 5.74) is 1.83. The van der Waals surface area contributed by atoms with Gasteiger partial charge in [-0.25, -0.2) is 9.78 Å². The molecule has 154 valence electrons. The molecule has 0 saturated carbocycles. The summed E-state index contributed by atoms with van der Waals surface area (Å²) in [6, 6.07) is 11.5. The van der Waals surface area contributed by atoms with Crippen LogP contribution in [-0.4, -0.2) is 42.5 Å². The van der Waals surface area contributed by atoms with Gasteiger partial charge < -0.3 is 9.47 Å². The van der Waals surface area contributed by atoms with Crippen molar-refractivity contribution in [2.24, 2.45) is 10.2 Å². The van der Waals surface area contributed by atoms with Crippen molar-refractivity contribution in [3.05, 3.63) is 64.7 Å². The number of nitrogens with one attached hydrogen (secondary N) is 1. The molecular formula is C20H18N4O4S2. The van der Waals surface area contributed by atoms with Gasteiger partial charge in [0.15, 0.2) is 5.17 Å². The number of benzene rings is 1. The molecule has 1 aromatic heterocycles. The Balaban J connectivity index is 1.68. The highest BCUT2D eigenvalue weighted by Crippen LogP contribution is 2.27. The zero-order valence-electron chi connectivity index (χ0n) is 16.2. The number of amidine groups is 1. The van der Waals surface area contributed by atoms with E-state index < -0.39 is 11.9 Å². The lowest BCUT2D eigenvalue weighted by atomic mass is 10.1. The van der Waals surface area contributed by atoms with Gasteiger partial charge in [0.1, 0.15) is 5.75 Å². The van der Waals surface area contributed by atoms with Crippen LogP contribution in [0.2, 0.25) is 0 Å². The van der Waals surface area contributed by atoms with Crippen molar-refractivity contribution in [1.82, 2.24) is 10.3 Å². The smallest absolute Gasteiger partial charge is 0.331 e. The van der Waals surface area contributed by atoms with Crippen molar-refractivity contribution in [2.45, 2.75) is 10.8 Å². The molecule has 0 atom stereocenters. The molecule has 3 rings (SSSR count). The number of nitrogens with zero attached hydrogens (tertiary/aromatic N) is 3. The van der Waals surface area contributed by atoms with Crippen LogP contribution in [0.1, 0.15) is 11.1 Å². The van der Waals surface area contributed by atoms with Gasteiger partial charge in [-0.3, -0.25) is 10.1 Å². The third kappa shape index (κ3) is 5.94. The normalized spacial score (nSPS) is 16.3. The maximum atomic E-state index is 11.8. The number of hydrogen-bond donors (Lipinski definition) is 1. The molecule has 0 unspecified atom stereocenters. The Labute approximate surface area is 181 Å². The van der Waals surface area contributed by atoms with E-state index in [4.69, 9.17) is 4.74 Å². The topological polar surface area (TPSA) is 102 Å². The molecule has 1 N–H and O–H groups in total. The van der Waals surface area contributed by atoms with Gasteiger partial charge in [0.25, 0.3) is 5.91 Å². The predicted octanol–water partition coefficient (Wildman–Crippen LogP) is 2.99. The van der Waals surface area contributed by atoms with Crippen LogP contribution in [-0.2, 0) is 20.1 Å². The monoisotopic (exact) mass is 442 g/mol. The van der Waals surface area contributed by atoms with Crippen LogP contribution in [0, 0.1) is 0 Å². The van der Waals surface area contributed by atoms with Crippen molar-refractivity contribution >= 4 is 46.8 Å². The highest BCUT2D eigenvalue weighted by Gasteiger charge is 2.25. The number of hydrogen-bond acceptors (Lipinski definition) is 9. The van der Waals surface area contributed by atoms with E-state index in [9.17, 15) is 9.59 Å². The van der Waals surface area contributed by atoms with Gasteiger partial charge >= 0.3 is 5.97 Å². The number of amides is 1. The Morgan fingerprint density at radius 2 is 2.17 bits per heavy atom. The van der Waals surface area contributed by atoms with Gasteiger partial charge in [-0.05, 0) is 47.7 Å². The molecule has 0 radical (unpaired) electrons. The second kappa shape index (κ2) is 10.6. The summed E-state index contributed by atoms with van der Waals surface area (Å²) in [5.74, 6) is 0.437. The molecule has 1 amide bonds. The second-order valence-corrected chi connectivity index (χ2v) is 7.79. The molecular weight excluding hydrogens is 424 g/mol. The van der Waals surface area contributed by atoms with Crippen LogP contribution in [0.4, 0.5) is 0 Å². The molecule has 1 fully saturated rings.